The lowest BCUT2D eigenvalue weighted by molar-refractivity contribution is -0.121. The van der Waals surface area contributed by atoms with Gasteiger partial charge in [-0.05, 0) is 17.7 Å². The number of benzene rings is 1. The Balaban J connectivity index is 1.49. The second kappa shape index (κ2) is 6.72. The summed E-state index contributed by atoms with van der Waals surface area (Å²) in [6, 6.07) is 9.78. The molecule has 1 aromatic carbocycles. The molecule has 2 aromatic heterocycles. The van der Waals surface area contributed by atoms with Crippen molar-refractivity contribution in [3.05, 3.63) is 60.2 Å². The molecule has 1 saturated heterocycles. The van der Waals surface area contributed by atoms with Crippen molar-refractivity contribution in [2.45, 2.75) is 12.5 Å². The number of aromatic nitrogens is 5. The molecule has 3 aromatic rings. The van der Waals surface area contributed by atoms with Gasteiger partial charge in [-0.15, -0.1) is 0 Å². The van der Waals surface area contributed by atoms with Gasteiger partial charge < -0.3 is 5.73 Å². The molecule has 1 fully saturated rings. The second-order valence-corrected chi connectivity index (χ2v) is 6.72. The largest absolute Gasteiger partial charge is 0.369 e. The Hall–Kier alpha value is -3.00. The minimum atomic E-state index is -0.269. The quantitative estimate of drug-likeness (QED) is 0.730. The molecule has 1 amide bonds. The van der Waals surface area contributed by atoms with Crippen LogP contribution in [0.25, 0.3) is 5.69 Å². The van der Waals surface area contributed by atoms with Crippen molar-refractivity contribution >= 4 is 5.91 Å². The summed E-state index contributed by atoms with van der Waals surface area (Å²) in [6.07, 6.45) is 5.54. The molecule has 8 heteroatoms. The molecule has 3 heterocycles. The van der Waals surface area contributed by atoms with E-state index in [1.165, 1.54) is 0 Å². The summed E-state index contributed by atoms with van der Waals surface area (Å²) in [5.74, 6) is -0.428. The number of nitrogens with two attached hydrogens (primary N) is 1. The number of likely N-dealkylation sites (tertiary alicyclic amines) is 1. The maximum Gasteiger partial charge on any atom is 0.222 e. The van der Waals surface area contributed by atoms with Crippen LogP contribution in [0.4, 0.5) is 0 Å². The molecule has 0 bridgehead atoms. The van der Waals surface area contributed by atoms with Crippen LogP contribution in [0.1, 0.15) is 17.2 Å². The third kappa shape index (κ3) is 3.23. The molecule has 2 N–H and O–H groups in total. The molecule has 0 unspecified atom stereocenters. The molecule has 0 radical (unpaired) electrons. The molecule has 1 aliphatic heterocycles. The minimum absolute atomic E-state index is 0.0605. The molecular formula is C18H21N7O. The summed E-state index contributed by atoms with van der Waals surface area (Å²) in [4.78, 5) is 15.7. The first kappa shape index (κ1) is 16.5. The zero-order valence-electron chi connectivity index (χ0n) is 14.6. The van der Waals surface area contributed by atoms with Crippen molar-refractivity contribution in [2.24, 2.45) is 18.7 Å². The van der Waals surface area contributed by atoms with Crippen molar-refractivity contribution in [1.29, 1.82) is 0 Å². The van der Waals surface area contributed by atoms with Crippen LogP contribution < -0.4 is 5.73 Å². The number of rotatable bonds is 5. The van der Waals surface area contributed by atoms with Gasteiger partial charge in [0.15, 0.2) is 0 Å². The molecule has 0 aliphatic carbocycles. The van der Waals surface area contributed by atoms with E-state index in [2.05, 4.69) is 20.2 Å². The lowest BCUT2D eigenvalue weighted by Crippen LogP contribution is -2.29. The predicted molar refractivity (Wildman–Crippen MR) is 95.3 cm³/mol. The van der Waals surface area contributed by atoms with Crippen molar-refractivity contribution < 1.29 is 4.79 Å². The number of para-hydroxylation sites is 1. The van der Waals surface area contributed by atoms with Crippen LogP contribution in [0.15, 0.2) is 48.9 Å². The fourth-order valence-electron chi connectivity index (χ4n) is 3.55. The highest BCUT2D eigenvalue weighted by Crippen LogP contribution is 2.32. The highest BCUT2D eigenvalue weighted by molar-refractivity contribution is 5.78. The van der Waals surface area contributed by atoms with Gasteiger partial charge in [0.1, 0.15) is 0 Å². The molecule has 1 aliphatic rings. The van der Waals surface area contributed by atoms with Crippen LogP contribution in [0.3, 0.4) is 0 Å². The van der Waals surface area contributed by atoms with Crippen molar-refractivity contribution in [3.63, 3.8) is 0 Å². The molecule has 0 spiro atoms. The lowest BCUT2D eigenvalue weighted by atomic mass is 9.90. The van der Waals surface area contributed by atoms with E-state index in [4.69, 9.17) is 5.73 Å². The first-order chi connectivity index (χ1) is 12.6. The van der Waals surface area contributed by atoms with E-state index in [1.54, 1.807) is 15.7 Å². The van der Waals surface area contributed by atoms with Crippen molar-refractivity contribution in [1.82, 2.24) is 29.7 Å². The van der Waals surface area contributed by atoms with Gasteiger partial charge in [0.25, 0.3) is 0 Å². The molecule has 0 saturated carbocycles. The SMILES string of the molecule is Cn1cc([C@H]2CN(Cc3cnn(-c4ccccc4)n3)C[C@@H]2C(N)=O)cn1. The van der Waals surface area contributed by atoms with E-state index < -0.39 is 0 Å². The number of carbonyl (C=O) groups is 1. The minimum Gasteiger partial charge on any atom is -0.369 e. The monoisotopic (exact) mass is 351 g/mol. The summed E-state index contributed by atoms with van der Waals surface area (Å²) in [7, 11) is 1.87. The van der Waals surface area contributed by atoms with Crippen molar-refractivity contribution in [2.75, 3.05) is 13.1 Å². The third-order valence-electron chi connectivity index (χ3n) is 4.83. The zero-order chi connectivity index (χ0) is 18.1. The Kier molecular flexibility index (Phi) is 4.26. The van der Waals surface area contributed by atoms with Gasteiger partial charge in [0, 0.05) is 38.8 Å². The standard InChI is InChI=1S/C18H21N7O/c1-23-9-13(7-20-23)16-11-24(12-17(16)18(19)26)10-14-8-21-25(22-14)15-5-3-2-4-6-15/h2-9,16-17H,10-12H2,1H3,(H2,19,26)/t16-,17+/m1/s1. The van der Waals surface area contributed by atoms with Crippen LogP contribution >= 0.6 is 0 Å². The average molecular weight is 351 g/mol. The number of primary amides is 1. The van der Waals surface area contributed by atoms with E-state index in [9.17, 15) is 4.79 Å². The number of hydrogen-bond donors (Lipinski definition) is 1. The Morgan fingerprint density at radius 1 is 1.19 bits per heavy atom. The van der Waals surface area contributed by atoms with Gasteiger partial charge in [0.05, 0.1) is 29.7 Å². The number of amides is 1. The maximum atomic E-state index is 11.9. The first-order valence-electron chi connectivity index (χ1n) is 8.57. The summed E-state index contributed by atoms with van der Waals surface area (Å²) >= 11 is 0. The predicted octanol–water partition coefficient (Wildman–Crippen LogP) is 0.702. The van der Waals surface area contributed by atoms with E-state index >= 15 is 0 Å². The van der Waals surface area contributed by atoms with E-state index in [0.717, 1.165) is 23.5 Å². The van der Waals surface area contributed by atoms with Crippen LogP contribution in [-0.4, -0.2) is 48.7 Å². The molecule has 134 valence electrons. The normalized spacial score (nSPS) is 20.5. The highest BCUT2D eigenvalue weighted by atomic mass is 16.1. The summed E-state index contributed by atoms with van der Waals surface area (Å²) in [6.45, 7) is 2.00. The first-order valence-corrected chi connectivity index (χ1v) is 8.57. The number of aryl methyl sites for hydroxylation is 1. The summed E-state index contributed by atoms with van der Waals surface area (Å²) < 4.78 is 1.75. The fraction of sp³-hybridized carbons (Fsp3) is 0.333. The van der Waals surface area contributed by atoms with Gasteiger partial charge >= 0.3 is 0 Å². The summed E-state index contributed by atoms with van der Waals surface area (Å²) in [5, 5.41) is 13.1. The average Bonchev–Trinajstić information content (AvgIpc) is 3.35. The third-order valence-corrected chi connectivity index (χ3v) is 4.83. The van der Waals surface area contributed by atoms with E-state index in [-0.39, 0.29) is 17.7 Å². The van der Waals surface area contributed by atoms with Gasteiger partial charge in [-0.3, -0.25) is 14.4 Å². The van der Waals surface area contributed by atoms with Gasteiger partial charge in [0.2, 0.25) is 5.91 Å². The Morgan fingerprint density at radius 3 is 2.69 bits per heavy atom. The van der Waals surface area contributed by atoms with E-state index in [0.29, 0.717) is 13.1 Å². The number of carbonyl (C=O) groups excluding carboxylic acids is 1. The van der Waals surface area contributed by atoms with Crippen molar-refractivity contribution in [3.8, 4) is 5.69 Å². The Bertz CT molecular complexity index is 901. The van der Waals surface area contributed by atoms with Crippen LogP contribution in [0.2, 0.25) is 0 Å². The topological polar surface area (TPSA) is 94.9 Å². The van der Waals surface area contributed by atoms with Crippen LogP contribution in [0.5, 0.6) is 0 Å². The number of hydrogen-bond acceptors (Lipinski definition) is 5. The Morgan fingerprint density at radius 2 is 2.00 bits per heavy atom. The van der Waals surface area contributed by atoms with Crippen LogP contribution in [-0.2, 0) is 18.4 Å². The van der Waals surface area contributed by atoms with Gasteiger partial charge in [-0.2, -0.15) is 20.1 Å². The fourth-order valence-corrected chi connectivity index (χ4v) is 3.55. The van der Waals surface area contributed by atoms with Gasteiger partial charge in [-0.1, -0.05) is 18.2 Å². The zero-order valence-corrected chi connectivity index (χ0v) is 14.6. The maximum absolute atomic E-state index is 11.9. The molecule has 4 rings (SSSR count). The highest BCUT2D eigenvalue weighted by Gasteiger charge is 2.38. The van der Waals surface area contributed by atoms with Crippen LogP contribution in [0, 0.1) is 5.92 Å². The molecule has 26 heavy (non-hydrogen) atoms. The molecular weight excluding hydrogens is 330 g/mol. The number of nitrogens with zero attached hydrogens (tertiary/aromatic N) is 6. The molecule has 2 atom stereocenters. The Labute approximate surface area is 151 Å². The lowest BCUT2D eigenvalue weighted by Gasteiger charge is -2.13. The van der Waals surface area contributed by atoms with Gasteiger partial charge in [-0.25, -0.2) is 0 Å². The molecule has 8 nitrogen and oxygen atoms in total. The second-order valence-electron chi connectivity index (χ2n) is 6.72. The smallest absolute Gasteiger partial charge is 0.222 e. The summed E-state index contributed by atoms with van der Waals surface area (Å²) in [5.41, 5.74) is 8.48. The van der Waals surface area contributed by atoms with E-state index in [1.807, 2.05) is 49.8 Å².